The summed E-state index contributed by atoms with van der Waals surface area (Å²) in [4.78, 5) is 2.60. The molecule has 4 aromatic rings. The second-order valence-corrected chi connectivity index (χ2v) is 9.57. The van der Waals surface area contributed by atoms with Crippen LogP contribution in [0.1, 0.15) is 0 Å². The first-order chi connectivity index (χ1) is 15.6. The lowest BCUT2D eigenvalue weighted by Crippen LogP contribution is -2.43. The maximum atomic E-state index is 13.4. The van der Waals surface area contributed by atoms with Crippen molar-refractivity contribution in [3.8, 4) is 11.1 Å². The van der Waals surface area contributed by atoms with Crippen molar-refractivity contribution >= 4 is 32.2 Å². The number of fused-ring (bicyclic) bond motifs is 1. The molecule has 5 rings (SSSR count). The van der Waals surface area contributed by atoms with E-state index in [-0.39, 0.29) is 4.90 Å². The maximum Gasteiger partial charge on any atom is 0.262 e. The van der Waals surface area contributed by atoms with Crippen molar-refractivity contribution in [1.82, 2.24) is 5.32 Å². The van der Waals surface area contributed by atoms with Crippen molar-refractivity contribution in [2.24, 2.45) is 0 Å². The molecular formula is C26H25N3O2S. The van der Waals surface area contributed by atoms with Crippen LogP contribution in [0.15, 0.2) is 95.9 Å². The summed E-state index contributed by atoms with van der Waals surface area (Å²) in [7, 11) is -3.77. The third-order valence-corrected chi connectivity index (χ3v) is 7.27. The molecule has 0 aromatic heterocycles. The van der Waals surface area contributed by atoms with Crippen LogP contribution in [-0.4, -0.2) is 34.6 Å². The highest BCUT2D eigenvalue weighted by atomic mass is 32.2. The first-order valence-corrected chi connectivity index (χ1v) is 12.3. The molecule has 1 heterocycles. The highest BCUT2D eigenvalue weighted by molar-refractivity contribution is 7.93. The van der Waals surface area contributed by atoms with Gasteiger partial charge in [0.05, 0.1) is 4.90 Å². The predicted molar refractivity (Wildman–Crippen MR) is 132 cm³/mol. The van der Waals surface area contributed by atoms with Gasteiger partial charge in [0, 0.05) is 48.3 Å². The molecule has 0 bridgehead atoms. The van der Waals surface area contributed by atoms with Crippen molar-refractivity contribution in [2.45, 2.75) is 4.90 Å². The summed E-state index contributed by atoms with van der Waals surface area (Å²) in [5, 5.41) is 5.05. The van der Waals surface area contributed by atoms with E-state index in [4.69, 9.17) is 0 Å². The van der Waals surface area contributed by atoms with Crippen LogP contribution in [-0.2, 0) is 10.0 Å². The predicted octanol–water partition coefficient (Wildman–Crippen LogP) is 4.72. The molecule has 1 aliphatic rings. The lowest BCUT2D eigenvalue weighted by molar-refractivity contribution is 0.590. The Morgan fingerprint density at radius 3 is 2.19 bits per heavy atom. The summed E-state index contributed by atoms with van der Waals surface area (Å²) < 4.78 is 29.6. The first kappa shape index (κ1) is 20.5. The van der Waals surface area contributed by atoms with Crippen molar-refractivity contribution in [1.29, 1.82) is 0 Å². The topological polar surface area (TPSA) is 61.4 Å². The van der Waals surface area contributed by atoms with Crippen LogP contribution in [0.4, 0.5) is 11.4 Å². The van der Waals surface area contributed by atoms with Crippen LogP contribution in [0.5, 0.6) is 0 Å². The number of nitrogens with zero attached hydrogens (tertiary/aromatic N) is 1. The molecule has 162 valence electrons. The fourth-order valence-corrected chi connectivity index (χ4v) is 5.54. The third-order valence-electron chi connectivity index (χ3n) is 5.83. The van der Waals surface area contributed by atoms with Crippen molar-refractivity contribution in [3.05, 3.63) is 91.0 Å². The van der Waals surface area contributed by atoms with Gasteiger partial charge in [-0.15, -0.1) is 0 Å². The molecule has 4 aromatic carbocycles. The number of sulfonamides is 1. The molecular weight excluding hydrogens is 418 g/mol. The van der Waals surface area contributed by atoms with E-state index < -0.39 is 10.0 Å². The average Bonchev–Trinajstić information content (AvgIpc) is 2.84. The van der Waals surface area contributed by atoms with Gasteiger partial charge in [0.25, 0.3) is 10.0 Å². The van der Waals surface area contributed by atoms with Gasteiger partial charge >= 0.3 is 0 Å². The lowest BCUT2D eigenvalue weighted by atomic mass is 10.1. The molecule has 0 unspecified atom stereocenters. The van der Waals surface area contributed by atoms with E-state index in [9.17, 15) is 8.42 Å². The van der Waals surface area contributed by atoms with Gasteiger partial charge in [-0.05, 0) is 35.4 Å². The summed E-state index contributed by atoms with van der Waals surface area (Å²) >= 11 is 0. The van der Waals surface area contributed by atoms with Gasteiger partial charge < -0.3 is 10.2 Å². The van der Waals surface area contributed by atoms with Crippen LogP contribution in [0.2, 0.25) is 0 Å². The van der Waals surface area contributed by atoms with Crippen LogP contribution in [0.25, 0.3) is 21.9 Å². The van der Waals surface area contributed by atoms with E-state index in [0.717, 1.165) is 53.8 Å². The van der Waals surface area contributed by atoms with Crippen LogP contribution < -0.4 is 14.9 Å². The number of hydrogen-bond donors (Lipinski definition) is 2. The summed E-state index contributed by atoms with van der Waals surface area (Å²) in [6.45, 7) is 3.66. The summed E-state index contributed by atoms with van der Waals surface area (Å²) in [6.07, 6.45) is 0. The molecule has 2 N–H and O–H groups in total. The van der Waals surface area contributed by atoms with Crippen molar-refractivity contribution in [3.63, 3.8) is 0 Å². The number of benzene rings is 4. The zero-order valence-electron chi connectivity index (χ0n) is 17.7. The van der Waals surface area contributed by atoms with Crippen LogP contribution in [0, 0.1) is 0 Å². The molecule has 0 aliphatic carbocycles. The third kappa shape index (κ3) is 4.07. The Morgan fingerprint density at radius 1 is 0.719 bits per heavy atom. The number of piperazine rings is 1. The SMILES string of the molecule is O=S(=O)(Nc1cccc(-c2ccccc2)c1)c1ccc(N2CCNCC2)c2ccccc12. The molecule has 1 fully saturated rings. The molecule has 0 atom stereocenters. The number of nitrogens with one attached hydrogen (secondary N) is 2. The van der Waals surface area contributed by atoms with E-state index in [1.165, 1.54) is 0 Å². The average molecular weight is 444 g/mol. The van der Waals surface area contributed by atoms with E-state index in [2.05, 4.69) is 14.9 Å². The molecule has 1 saturated heterocycles. The van der Waals surface area contributed by atoms with Crippen molar-refractivity contribution < 1.29 is 8.42 Å². The Hall–Kier alpha value is -3.35. The quantitative estimate of drug-likeness (QED) is 0.469. The minimum atomic E-state index is -3.77. The largest absolute Gasteiger partial charge is 0.368 e. The zero-order chi connectivity index (χ0) is 22.0. The van der Waals surface area contributed by atoms with E-state index in [1.807, 2.05) is 78.9 Å². The van der Waals surface area contributed by atoms with Crippen LogP contribution in [0.3, 0.4) is 0 Å². The van der Waals surface area contributed by atoms with E-state index >= 15 is 0 Å². The number of rotatable bonds is 5. The first-order valence-electron chi connectivity index (χ1n) is 10.8. The van der Waals surface area contributed by atoms with Gasteiger partial charge in [-0.2, -0.15) is 0 Å². The fourth-order valence-electron chi connectivity index (χ4n) is 4.27. The second-order valence-electron chi connectivity index (χ2n) is 7.92. The second kappa shape index (κ2) is 8.65. The molecule has 6 heteroatoms. The van der Waals surface area contributed by atoms with Crippen molar-refractivity contribution in [2.75, 3.05) is 35.8 Å². The summed E-state index contributed by atoms with van der Waals surface area (Å²) in [6, 6.07) is 28.8. The Balaban J connectivity index is 1.51. The molecule has 1 aliphatic heterocycles. The van der Waals surface area contributed by atoms with Gasteiger partial charge in [-0.1, -0.05) is 66.7 Å². The van der Waals surface area contributed by atoms with Crippen LogP contribution >= 0.6 is 0 Å². The van der Waals surface area contributed by atoms with Gasteiger partial charge in [-0.3, -0.25) is 4.72 Å². The zero-order valence-corrected chi connectivity index (χ0v) is 18.5. The molecule has 0 radical (unpaired) electrons. The summed E-state index contributed by atoms with van der Waals surface area (Å²) in [5.74, 6) is 0. The highest BCUT2D eigenvalue weighted by Crippen LogP contribution is 2.33. The lowest BCUT2D eigenvalue weighted by Gasteiger charge is -2.30. The van der Waals surface area contributed by atoms with Gasteiger partial charge in [-0.25, -0.2) is 8.42 Å². The monoisotopic (exact) mass is 443 g/mol. The molecule has 32 heavy (non-hydrogen) atoms. The van der Waals surface area contributed by atoms with Gasteiger partial charge in [0.15, 0.2) is 0 Å². The minimum Gasteiger partial charge on any atom is -0.368 e. The smallest absolute Gasteiger partial charge is 0.262 e. The minimum absolute atomic E-state index is 0.289. The molecule has 0 saturated carbocycles. The molecule has 5 nitrogen and oxygen atoms in total. The van der Waals surface area contributed by atoms with E-state index in [1.54, 1.807) is 12.1 Å². The number of anilines is 2. The fraction of sp³-hybridized carbons (Fsp3) is 0.154. The Labute approximate surface area is 188 Å². The Morgan fingerprint density at radius 2 is 1.41 bits per heavy atom. The summed E-state index contributed by atoms with van der Waals surface area (Å²) in [5.41, 5.74) is 3.62. The Bertz CT molecular complexity index is 1350. The Kier molecular flexibility index (Phi) is 5.55. The van der Waals surface area contributed by atoms with E-state index in [0.29, 0.717) is 5.69 Å². The molecule has 0 amide bonds. The molecule has 0 spiro atoms. The van der Waals surface area contributed by atoms with Gasteiger partial charge in [0.2, 0.25) is 0 Å². The van der Waals surface area contributed by atoms with Gasteiger partial charge in [0.1, 0.15) is 0 Å². The number of hydrogen-bond acceptors (Lipinski definition) is 4. The highest BCUT2D eigenvalue weighted by Gasteiger charge is 2.21. The maximum absolute atomic E-state index is 13.4. The normalized spacial score (nSPS) is 14.4. The standard InChI is InChI=1S/C26H25N3O2S/c30-32(31,28-22-10-6-9-21(19-22)20-7-2-1-3-8-20)26-14-13-25(29-17-15-27-16-18-29)23-11-4-5-12-24(23)26/h1-14,19,27-28H,15-18H2.